The summed E-state index contributed by atoms with van der Waals surface area (Å²) in [6.45, 7) is 0.713. The lowest BCUT2D eigenvalue weighted by atomic mass is 10.1. The minimum atomic E-state index is -0.265. The van der Waals surface area contributed by atoms with E-state index in [4.69, 9.17) is 18.0 Å². The van der Waals surface area contributed by atoms with Crippen molar-refractivity contribution in [1.82, 2.24) is 15.5 Å². The molecule has 0 saturated heterocycles. The maximum atomic E-state index is 11.5. The summed E-state index contributed by atoms with van der Waals surface area (Å²) in [5.74, 6) is 2.35. The van der Waals surface area contributed by atoms with E-state index >= 15 is 0 Å². The van der Waals surface area contributed by atoms with Gasteiger partial charge in [-0.25, -0.2) is 4.79 Å². The fourth-order valence-electron chi connectivity index (χ4n) is 1.67. The minimum absolute atomic E-state index is 0.0776. The zero-order chi connectivity index (χ0) is 14.3. The van der Waals surface area contributed by atoms with Crippen LogP contribution in [-0.4, -0.2) is 38.1 Å². The van der Waals surface area contributed by atoms with Crippen LogP contribution >= 0.6 is 11.6 Å². The number of terminal acetylenes is 1. The number of nitrogens with zero attached hydrogens (tertiary/aromatic N) is 1. The Morgan fingerprint density at radius 2 is 2.00 bits per heavy atom. The molecular formula is C14H18ClN3O. The molecule has 1 aromatic rings. The molecule has 0 unspecified atom stereocenters. The number of urea groups is 1. The van der Waals surface area contributed by atoms with Crippen molar-refractivity contribution < 1.29 is 4.79 Å². The number of amides is 2. The van der Waals surface area contributed by atoms with Crippen LogP contribution in [0.1, 0.15) is 11.6 Å². The minimum Gasteiger partial charge on any atom is -0.336 e. The lowest BCUT2D eigenvalue weighted by Crippen LogP contribution is -2.40. The molecule has 0 aromatic heterocycles. The van der Waals surface area contributed by atoms with Gasteiger partial charge in [0, 0.05) is 11.6 Å². The Balaban J connectivity index is 2.61. The number of carbonyl (C=O) groups excluding carboxylic acids is 1. The zero-order valence-corrected chi connectivity index (χ0v) is 11.9. The lowest BCUT2D eigenvalue weighted by molar-refractivity contribution is 0.234. The first kappa shape index (κ1) is 15.4. The summed E-state index contributed by atoms with van der Waals surface area (Å²) in [6.07, 6.45) is 5.07. The summed E-state index contributed by atoms with van der Waals surface area (Å²) >= 11 is 5.87. The van der Waals surface area contributed by atoms with Crippen LogP contribution in [0.25, 0.3) is 0 Å². The molecule has 0 spiro atoms. The van der Waals surface area contributed by atoms with Gasteiger partial charge in [0.1, 0.15) is 0 Å². The van der Waals surface area contributed by atoms with E-state index in [0.29, 0.717) is 11.6 Å². The number of nitrogens with one attached hydrogen (secondary N) is 2. The van der Waals surface area contributed by atoms with Crippen LogP contribution in [0.3, 0.4) is 0 Å². The number of hydrogen-bond acceptors (Lipinski definition) is 2. The Bertz CT molecular complexity index is 451. The molecule has 102 valence electrons. The first-order valence-corrected chi connectivity index (χ1v) is 6.29. The second-order valence-corrected chi connectivity index (χ2v) is 4.74. The molecule has 1 aromatic carbocycles. The van der Waals surface area contributed by atoms with E-state index in [1.165, 1.54) is 0 Å². The quantitative estimate of drug-likeness (QED) is 0.809. The largest absolute Gasteiger partial charge is 0.336 e. The molecule has 0 aliphatic carbocycles. The predicted molar refractivity (Wildman–Crippen MR) is 78.1 cm³/mol. The van der Waals surface area contributed by atoms with Gasteiger partial charge in [-0.3, -0.25) is 0 Å². The normalized spacial score (nSPS) is 11.7. The van der Waals surface area contributed by atoms with Crippen LogP contribution in [0.2, 0.25) is 5.02 Å². The second-order valence-electron chi connectivity index (χ2n) is 4.30. The van der Waals surface area contributed by atoms with Gasteiger partial charge in [0.15, 0.2) is 0 Å². The van der Waals surface area contributed by atoms with Crippen LogP contribution in [-0.2, 0) is 0 Å². The number of benzene rings is 1. The van der Waals surface area contributed by atoms with Crippen LogP contribution < -0.4 is 10.6 Å². The van der Waals surface area contributed by atoms with Crippen LogP contribution in [0, 0.1) is 12.3 Å². The van der Waals surface area contributed by atoms with E-state index in [0.717, 1.165) is 5.56 Å². The number of carbonyl (C=O) groups is 1. The van der Waals surface area contributed by atoms with Gasteiger partial charge in [0.2, 0.25) is 0 Å². The molecule has 0 saturated carbocycles. The highest BCUT2D eigenvalue weighted by Gasteiger charge is 2.14. The van der Waals surface area contributed by atoms with Crippen molar-refractivity contribution in [1.29, 1.82) is 0 Å². The molecule has 5 heteroatoms. The molecule has 0 aliphatic heterocycles. The van der Waals surface area contributed by atoms with Crippen molar-refractivity contribution in [2.75, 3.05) is 27.2 Å². The predicted octanol–water partition coefficient (Wildman–Crippen LogP) is 1.88. The Morgan fingerprint density at radius 1 is 1.37 bits per heavy atom. The van der Waals surface area contributed by atoms with Crippen molar-refractivity contribution in [3.05, 3.63) is 34.9 Å². The lowest BCUT2D eigenvalue weighted by Gasteiger charge is -2.25. The average Bonchev–Trinajstić information content (AvgIpc) is 2.38. The Hall–Kier alpha value is -1.70. The number of hydrogen-bond donors (Lipinski definition) is 2. The molecule has 2 N–H and O–H groups in total. The molecule has 19 heavy (non-hydrogen) atoms. The molecular weight excluding hydrogens is 262 g/mol. The third-order valence-electron chi connectivity index (χ3n) is 2.69. The molecule has 2 amide bonds. The third kappa shape index (κ3) is 5.21. The number of rotatable bonds is 5. The molecule has 0 aliphatic rings. The Labute approximate surface area is 119 Å². The standard InChI is InChI=1S/C14H18ClN3O/c1-4-9-16-14(19)17-10-13(18(2)3)11-5-7-12(15)8-6-11/h1,5-8,13H,9-10H2,2-3H3,(H2,16,17,19)/t13-/m1/s1. The summed E-state index contributed by atoms with van der Waals surface area (Å²) < 4.78 is 0. The van der Waals surface area contributed by atoms with Gasteiger partial charge in [-0.1, -0.05) is 29.7 Å². The van der Waals surface area contributed by atoms with Gasteiger partial charge in [0.05, 0.1) is 12.6 Å². The van der Waals surface area contributed by atoms with E-state index in [-0.39, 0.29) is 18.6 Å². The second kappa shape index (κ2) is 7.67. The first-order chi connectivity index (χ1) is 9.04. The highest BCUT2D eigenvalue weighted by Crippen LogP contribution is 2.19. The fourth-order valence-corrected chi connectivity index (χ4v) is 1.79. The first-order valence-electron chi connectivity index (χ1n) is 5.91. The van der Waals surface area contributed by atoms with Crippen LogP contribution in [0.15, 0.2) is 24.3 Å². The van der Waals surface area contributed by atoms with Crippen molar-refractivity contribution in [3.8, 4) is 12.3 Å². The van der Waals surface area contributed by atoms with E-state index in [2.05, 4.69) is 16.6 Å². The number of likely N-dealkylation sites (N-methyl/N-ethyl adjacent to an activating group) is 1. The smallest absolute Gasteiger partial charge is 0.315 e. The van der Waals surface area contributed by atoms with E-state index < -0.39 is 0 Å². The van der Waals surface area contributed by atoms with Gasteiger partial charge in [-0.2, -0.15) is 0 Å². The monoisotopic (exact) mass is 279 g/mol. The van der Waals surface area contributed by atoms with Gasteiger partial charge in [0.25, 0.3) is 0 Å². The summed E-state index contributed by atoms with van der Waals surface area (Å²) in [7, 11) is 3.92. The van der Waals surface area contributed by atoms with Gasteiger partial charge >= 0.3 is 6.03 Å². The van der Waals surface area contributed by atoms with Crippen LogP contribution in [0.5, 0.6) is 0 Å². The van der Waals surface area contributed by atoms with E-state index in [1.807, 2.05) is 43.3 Å². The van der Waals surface area contributed by atoms with Gasteiger partial charge in [-0.15, -0.1) is 6.42 Å². The SMILES string of the molecule is C#CCNC(=O)NC[C@H](c1ccc(Cl)cc1)N(C)C. The molecule has 0 radical (unpaired) electrons. The van der Waals surface area contributed by atoms with Gasteiger partial charge < -0.3 is 15.5 Å². The third-order valence-corrected chi connectivity index (χ3v) is 2.94. The molecule has 1 rings (SSSR count). The molecule has 0 heterocycles. The summed E-state index contributed by atoms with van der Waals surface area (Å²) in [5.41, 5.74) is 1.09. The van der Waals surface area contributed by atoms with Crippen molar-refractivity contribution in [3.63, 3.8) is 0 Å². The van der Waals surface area contributed by atoms with Crippen molar-refractivity contribution >= 4 is 17.6 Å². The summed E-state index contributed by atoms with van der Waals surface area (Å²) in [5, 5.41) is 6.05. The average molecular weight is 280 g/mol. The summed E-state index contributed by atoms with van der Waals surface area (Å²) in [6, 6.07) is 7.40. The van der Waals surface area contributed by atoms with E-state index in [9.17, 15) is 4.79 Å². The summed E-state index contributed by atoms with van der Waals surface area (Å²) in [4.78, 5) is 13.5. The maximum Gasteiger partial charge on any atom is 0.315 e. The Morgan fingerprint density at radius 3 is 2.53 bits per heavy atom. The zero-order valence-electron chi connectivity index (χ0n) is 11.1. The maximum absolute atomic E-state index is 11.5. The highest BCUT2D eigenvalue weighted by atomic mass is 35.5. The van der Waals surface area contributed by atoms with Gasteiger partial charge in [-0.05, 0) is 31.8 Å². The van der Waals surface area contributed by atoms with E-state index in [1.54, 1.807) is 0 Å². The Kier molecular flexibility index (Phi) is 6.20. The van der Waals surface area contributed by atoms with Crippen molar-refractivity contribution in [2.24, 2.45) is 0 Å². The molecule has 1 atom stereocenters. The molecule has 0 fully saturated rings. The number of halogens is 1. The molecule has 0 bridgehead atoms. The van der Waals surface area contributed by atoms with Crippen molar-refractivity contribution in [2.45, 2.75) is 6.04 Å². The fraction of sp³-hybridized carbons (Fsp3) is 0.357. The topological polar surface area (TPSA) is 44.4 Å². The molecule has 4 nitrogen and oxygen atoms in total. The van der Waals surface area contributed by atoms with Crippen LogP contribution in [0.4, 0.5) is 4.79 Å². The highest BCUT2D eigenvalue weighted by molar-refractivity contribution is 6.30.